The summed E-state index contributed by atoms with van der Waals surface area (Å²) in [6.45, 7) is 3.13. The molecular formula is C13H17N3O. The molecule has 0 spiro atoms. The first-order valence-electron chi connectivity index (χ1n) is 5.60. The van der Waals surface area contributed by atoms with Crippen molar-refractivity contribution < 1.29 is 4.74 Å². The zero-order chi connectivity index (χ0) is 12.3. The van der Waals surface area contributed by atoms with Crippen LogP contribution in [0.4, 0.5) is 0 Å². The van der Waals surface area contributed by atoms with Gasteiger partial charge >= 0.3 is 0 Å². The van der Waals surface area contributed by atoms with E-state index in [1.807, 2.05) is 49.1 Å². The van der Waals surface area contributed by atoms with E-state index in [1.54, 1.807) is 0 Å². The molecule has 2 aromatic rings. The fraction of sp³-hybridized carbons (Fsp3) is 0.308. The van der Waals surface area contributed by atoms with Crippen molar-refractivity contribution in [3.63, 3.8) is 0 Å². The minimum absolute atomic E-state index is 0.543. The Morgan fingerprint density at radius 3 is 2.53 bits per heavy atom. The van der Waals surface area contributed by atoms with Crippen molar-refractivity contribution in [1.82, 2.24) is 9.78 Å². The monoisotopic (exact) mass is 231 g/mol. The van der Waals surface area contributed by atoms with Crippen LogP contribution in [-0.2, 0) is 20.2 Å². The lowest BCUT2D eigenvalue weighted by Gasteiger charge is -2.06. The first-order chi connectivity index (χ1) is 8.20. The van der Waals surface area contributed by atoms with E-state index in [0.717, 1.165) is 22.6 Å². The van der Waals surface area contributed by atoms with Crippen LogP contribution in [0.5, 0.6) is 5.75 Å². The number of nitrogens with two attached hydrogens (primary N) is 1. The second-order valence-electron chi connectivity index (χ2n) is 4.02. The van der Waals surface area contributed by atoms with Crippen LogP contribution in [0.3, 0.4) is 0 Å². The highest BCUT2D eigenvalue weighted by Crippen LogP contribution is 2.15. The van der Waals surface area contributed by atoms with Crippen molar-refractivity contribution in [3.8, 4) is 5.75 Å². The molecule has 4 nitrogen and oxygen atoms in total. The van der Waals surface area contributed by atoms with E-state index in [1.165, 1.54) is 0 Å². The fourth-order valence-corrected chi connectivity index (χ4v) is 1.57. The Bertz CT molecular complexity index is 488. The van der Waals surface area contributed by atoms with Gasteiger partial charge in [0.15, 0.2) is 0 Å². The van der Waals surface area contributed by atoms with Crippen LogP contribution < -0.4 is 10.5 Å². The lowest BCUT2D eigenvalue weighted by Crippen LogP contribution is -1.99. The molecular weight excluding hydrogens is 214 g/mol. The maximum absolute atomic E-state index is 5.69. The van der Waals surface area contributed by atoms with Crippen LogP contribution in [-0.4, -0.2) is 9.78 Å². The summed E-state index contributed by atoms with van der Waals surface area (Å²) in [5, 5.41) is 4.18. The highest BCUT2D eigenvalue weighted by Gasteiger charge is 2.04. The van der Waals surface area contributed by atoms with Crippen molar-refractivity contribution in [2.24, 2.45) is 12.8 Å². The van der Waals surface area contributed by atoms with E-state index in [4.69, 9.17) is 10.5 Å². The summed E-state index contributed by atoms with van der Waals surface area (Å²) in [4.78, 5) is 0. The van der Waals surface area contributed by atoms with E-state index in [0.29, 0.717) is 13.2 Å². The van der Waals surface area contributed by atoms with Gasteiger partial charge in [0.25, 0.3) is 0 Å². The fourth-order valence-electron chi connectivity index (χ4n) is 1.57. The molecule has 0 saturated heterocycles. The molecule has 1 heterocycles. The number of nitrogens with zero attached hydrogens (tertiary/aromatic N) is 2. The average Bonchev–Trinajstić information content (AvgIpc) is 2.68. The number of hydrogen-bond acceptors (Lipinski definition) is 3. The van der Waals surface area contributed by atoms with Crippen LogP contribution in [0, 0.1) is 6.92 Å². The predicted molar refractivity (Wildman–Crippen MR) is 66.6 cm³/mol. The van der Waals surface area contributed by atoms with Crippen molar-refractivity contribution in [2.45, 2.75) is 20.1 Å². The molecule has 0 saturated carbocycles. The van der Waals surface area contributed by atoms with Crippen LogP contribution >= 0.6 is 0 Å². The van der Waals surface area contributed by atoms with Gasteiger partial charge in [0.2, 0.25) is 0 Å². The molecule has 1 aromatic carbocycles. The van der Waals surface area contributed by atoms with Crippen molar-refractivity contribution >= 4 is 0 Å². The molecule has 1 aromatic heterocycles. The lowest BCUT2D eigenvalue weighted by molar-refractivity contribution is 0.305. The summed E-state index contributed by atoms with van der Waals surface area (Å²) in [6.07, 6.45) is 1.84. The molecule has 17 heavy (non-hydrogen) atoms. The molecule has 2 N–H and O–H groups in total. The van der Waals surface area contributed by atoms with Gasteiger partial charge in [0, 0.05) is 24.8 Å². The van der Waals surface area contributed by atoms with Crippen molar-refractivity contribution in [1.29, 1.82) is 0 Å². The zero-order valence-corrected chi connectivity index (χ0v) is 10.2. The van der Waals surface area contributed by atoms with E-state index >= 15 is 0 Å². The molecule has 0 aliphatic rings. The standard InChI is InChI=1S/C13H17N3O/c1-10-12(8-15-16(10)2)9-17-13-5-3-11(7-14)4-6-13/h3-6,8H,7,9,14H2,1-2H3. The number of benzene rings is 1. The molecule has 4 heteroatoms. The Hall–Kier alpha value is -1.81. The largest absolute Gasteiger partial charge is 0.489 e. The zero-order valence-electron chi connectivity index (χ0n) is 10.2. The van der Waals surface area contributed by atoms with Gasteiger partial charge in [-0.05, 0) is 24.6 Å². The maximum Gasteiger partial charge on any atom is 0.119 e. The number of rotatable bonds is 4. The molecule has 0 aliphatic heterocycles. The SMILES string of the molecule is Cc1c(COc2ccc(CN)cc2)cnn1C. The first kappa shape index (κ1) is 11.7. The number of hydrogen-bond donors (Lipinski definition) is 1. The minimum atomic E-state index is 0.543. The second-order valence-corrected chi connectivity index (χ2v) is 4.02. The van der Waals surface area contributed by atoms with Crippen LogP contribution in [0.15, 0.2) is 30.5 Å². The second kappa shape index (κ2) is 5.01. The van der Waals surface area contributed by atoms with Gasteiger partial charge in [-0.15, -0.1) is 0 Å². The number of aryl methyl sites for hydroxylation is 1. The van der Waals surface area contributed by atoms with E-state index in [-0.39, 0.29) is 0 Å². The minimum Gasteiger partial charge on any atom is -0.489 e. The van der Waals surface area contributed by atoms with Crippen LogP contribution in [0.1, 0.15) is 16.8 Å². The third-order valence-corrected chi connectivity index (χ3v) is 2.89. The summed E-state index contributed by atoms with van der Waals surface area (Å²) in [7, 11) is 1.93. The molecule has 0 unspecified atom stereocenters. The summed E-state index contributed by atoms with van der Waals surface area (Å²) < 4.78 is 7.54. The molecule has 0 atom stereocenters. The Kier molecular flexibility index (Phi) is 3.44. The highest BCUT2D eigenvalue weighted by molar-refractivity contribution is 5.27. The third kappa shape index (κ3) is 2.65. The van der Waals surface area contributed by atoms with Gasteiger partial charge < -0.3 is 10.5 Å². The molecule has 0 amide bonds. The Morgan fingerprint density at radius 1 is 1.29 bits per heavy atom. The molecule has 90 valence electrons. The van der Waals surface area contributed by atoms with Crippen LogP contribution in [0.2, 0.25) is 0 Å². The Balaban J connectivity index is 2.00. The highest BCUT2D eigenvalue weighted by atomic mass is 16.5. The molecule has 0 fully saturated rings. The topological polar surface area (TPSA) is 53.1 Å². The lowest BCUT2D eigenvalue weighted by atomic mass is 10.2. The Labute approximate surface area is 101 Å². The summed E-state index contributed by atoms with van der Waals surface area (Å²) >= 11 is 0. The molecule has 0 bridgehead atoms. The van der Waals surface area contributed by atoms with Gasteiger partial charge in [-0.25, -0.2) is 0 Å². The van der Waals surface area contributed by atoms with Gasteiger partial charge in [0.1, 0.15) is 12.4 Å². The van der Waals surface area contributed by atoms with Gasteiger partial charge in [0.05, 0.1) is 6.20 Å². The van der Waals surface area contributed by atoms with E-state index in [2.05, 4.69) is 5.10 Å². The summed E-state index contributed by atoms with van der Waals surface area (Å²) in [5.74, 6) is 0.852. The molecule has 2 rings (SSSR count). The van der Waals surface area contributed by atoms with E-state index < -0.39 is 0 Å². The number of ether oxygens (including phenoxy) is 1. The normalized spacial score (nSPS) is 10.5. The maximum atomic E-state index is 5.69. The summed E-state index contributed by atoms with van der Waals surface area (Å²) in [5.41, 5.74) is 8.88. The molecule has 0 aliphatic carbocycles. The molecule has 0 radical (unpaired) electrons. The summed E-state index contributed by atoms with van der Waals surface area (Å²) in [6, 6.07) is 7.83. The first-order valence-corrected chi connectivity index (χ1v) is 5.60. The quantitative estimate of drug-likeness (QED) is 0.872. The van der Waals surface area contributed by atoms with Gasteiger partial charge in [-0.3, -0.25) is 4.68 Å². The average molecular weight is 231 g/mol. The van der Waals surface area contributed by atoms with Gasteiger partial charge in [-0.2, -0.15) is 5.10 Å². The van der Waals surface area contributed by atoms with Crippen molar-refractivity contribution in [2.75, 3.05) is 0 Å². The van der Waals surface area contributed by atoms with Crippen LogP contribution in [0.25, 0.3) is 0 Å². The predicted octanol–water partition coefficient (Wildman–Crippen LogP) is 1.77. The van der Waals surface area contributed by atoms with E-state index in [9.17, 15) is 0 Å². The van der Waals surface area contributed by atoms with Crippen molar-refractivity contribution in [3.05, 3.63) is 47.3 Å². The smallest absolute Gasteiger partial charge is 0.119 e. The van der Waals surface area contributed by atoms with Gasteiger partial charge in [-0.1, -0.05) is 12.1 Å². The number of aromatic nitrogens is 2. The Morgan fingerprint density at radius 2 is 2.00 bits per heavy atom. The third-order valence-electron chi connectivity index (χ3n) is 2.89.